The van der Waals surface area contributed by atoms with E-state index in [0.717, 1.165) is 24.3 Å². The molecule has 9 heteroatoms. The van der Waals surface area contributed by atoms with Gasteiger partial charge in [0.2, 0.25) is 0 Å². The summed E-state index contributed by atoms with van der Waals surface area (Å²) < 4.78 is 76.1. The quantitative estimate of drug-likeness (QED) is 0.627. The highest BCUT2D eigenvalue weighted by atomic mass is 79.9. The summed E-state index contributed by atoms with van der Waals surface area (Å²) in [6.07, 6.45) is -9.25. The monoisotopic (exact) mass is 411 g/mol. The number of hydrogen-bond donors (Lipinski definition) is 1. The number of nitrogens with one attached hydrogen (secondary N) is 1. The highest BCUT2D eigenvalue weighted by molar-refractivity contribution is 9.10. The molecular weight excluding hydrogens is 404 g/mol. The molecule has 0 bridgehead atoms. The van der Waals surface area contributed by atoms with E-state index in [-0.39, 0.29) is 15.7 Å². The number of hydrogen-bond acceptors (Lipinski definition) is 1. The van der Waals surface area contributed by atoms with E-state index >= 15 is 0 Å². The Balaban J connectivity index is 2.29. The fourth-order valence-electron chi connectivity index (χ4n) is 1.86. The van der Waals surface area contributed by atoms with Crippen LogP contribution in [-0.4, -0.2) is 5.91 Å². The Kier molecular flexibility index (Phi) is 4.93. The van der Waals surface area contributed by atoms with Gasteiger partial charge in [0.1, 0.15) is 0 Å². The Morgan fingerprint density at radius 1 is 0.875 bits per heavy atom. The second-order valence-electron chi connectivity index (χ2n) is 4.76. The Morgan fingerprint density at radius 3 is 2.08 bits per heavy atom. The van der Waals surface area contributed by atoms with Gasteiger partial charge in [-0.1, -0.05) is 22.0 Å². The number of anilines is 1. The van der Waals surface area contributed by atoms with Crippen molar-refractivity contribution in [1.82, 2.24) is 0 Å². The largest absolute Gasteiger partial charge is 0.416 e. The third-order valence-corrected chi connectivity index (χ3v) is 3.39. The van der Waals surface area contributed by atoms with Crippen LogP contribution in [0.3, 0.4) is 0 Å². The molecule has 1 amide bonds. The highest BCUT2D eigenvalue weighted by Crippen LogP contribution is 2.33. The Bertz CT molecular complexity index is 769. The average Bonchev–Trinajstić information content (AvgIpc) is 2.45. The number of amides is 1. The SMILES string of the molecule is O=C(Nc1cccc(C(F)(F)F)c1)c1cc(Br)cc(C(F)(F)F)c1. The van der Waals surface area contributed by atoms with Gasteiger partial charge >= 0.3 is 12.4 Å². The van der Waals surface area contributed by atoms with Crippen LogP contribution in [0.5, 0.6) is 0 Å². The summed E-state index contributed by atoms with van der Waals surface area (Å²) in [7, 11) is 0. The molecule has 0 aromatic heterocycles. The molecule has 0 aliphatic rings. The fraction of sp³-hybridized carbons (Fsp3) is 0.133. The highest BCUT2D eigenvalue weighted by Gasteiger charge is 2.32. The van der Waals surface area contributed by atoms with Crippen molar-refractivity contribution in [3.8, 4) is 0 Å². The number of rotatable bonds is 2. The summed E-state index contributed by atoms with van der Waals surface area (Å²) in [6, 6.07) is 6.35. The molecule has 2 nitrogen and oxygen atoms in total. The lowest BCUT2D eigenvalue weighted by atomic mass is 10.1. The summed E-state index contributed by atoms with van der Waals surface area (Å²) in [4.78, 5) is 12.0. The van der Waals surface area contributed by atoms with Crippen molar-refractivity contribution in [3.63, 3.8) is 0 Å². The molecule has 0 heterocycles. The van der Waals surface area contributed by atoms with Gasteiger partial charge in [0.05, 0.1) is 11.1 Å². The van der Waals surface area contributed by atoms with Crippen LogP contribution in [0.25, 0.3) is 0 Å². The maximum absolute atomic E-state index is 12.7. The van der Waals surface area contributed by atoms with E-state index in [1.54, 1.807) is 0 Å². The molecule has 24 heavy (non-hydrogen) atoms. The number of halogens is 7. The minimum Gasteiger partial charge on any atom is -0.322 e. The summed E-state index contributed by atoms with van der Waals surface area (Å²) in [5.74, 6) is -0.957. The second-order valence-corrected chi connectivity index (χ2v) is 5.67. The molecule has 128 valence electrons. The molecule has 0 radical (unpaired) electrons. The van der Waals surface area contributed by atoms with E-state index in [9.17, 15) is 31.1 Å². The Labute approximate surface area is 140 Å². The number of benzene rings is 2. The normalized spacial score (nSPS) is 12.1. The minimum atomic E-state index is -4.66. The Hall–Kier alpha value is -2.03. The van der Waals surface area contributed by atoms with Gasteiger partial charge < -0.3 is 5.32 Å². The predicted molar refractivity (Wildman–Crippen MR) is 78.5 cm³/mol. The van der Waals surface area contributed by atoms with Gasteiger partial charge in [0.15, 0.2) is 0 Å². The molecule has 0 fully saturated rings. The Morgan fingerprint density at radius 2 is 1.50 bits per heavy atom. The van der Waals surface area contributed by atoms with Gasteiger partial charge in [-0.3, -0.25) is 4.79 Å². The van der Waals surface area contributed by atoms with Crippen LogP contribution in [0.1, 0.15) is 21.5 Å². The first kappa shape index (κ1) is 18.3. The van der Waals surface area contributed by atoms with Crippen molar-refractivity contribution < 1.29 is 31.1 Å². The number of carbonyl (C=O) groups is 1. The van der Waals surface area contributed by atoms with Crippen LogP contribution in [0.15, 0.2) is 46.9 Å². The van der Waals surface area contributed by atoms with Crippen molar-refractivity contribution in [2.75, 3.05) is 5.32 Å². The summed E-state index contributed by atoms with van der Waals surface area (Å²) in [6.45, 7) is 0. The van der Waals surface area contributed by atoms with E-state index in [4.69, 9.17) is 0 Å². The van der Waals surface area contributed by atoms with Gasteiger partial charge in [0, 0.05) is 15.7 Å². The maximum atomic E-state index is 12.7. The van der Waals surface area contributed by atoms with Crippen molar-refractivity contribution >= 4 is 27.5 Å². The van der Waals surface area contributed by atoms with E-state index < -0.39 is 29.4 Å². The van der Waals surface area contributed by atoms with Crippen molar-refractivity contribution in [1.29, 1.82) is 0 Å². The third kappa shape index (κ3) is 4.50. The van der Waals surface area contributed by atoms with Crippen LogP contribution in [-0.2, 0) is 12.4 Å². The first-order chi connectivity index (χ1) is 11.0. The minimum absolute atomic E-state index is 0.0199. The lowest BCUT2D eigenvalue weighted by molar-refractivity contribution is -0.138. The van der Waals surface area contributed by atoms with Gasteiger partial charge in [-0.15, -0.1) is 0 Å². The van der Waals surface area contributed by atoms with E-state index in [1.165, 1.54) is 6.07 Å². The average molecular weight is 412 g/mol. The van der Waals surface area contributed by atoms with E-state index in [0.29, 0.717) is 12.1 Å². The van der Waals surface area contributed by atoms with Crippen molar-refractivity contribution in [2.45, 2.75) is 12.4 Å². The topological polar surface area (TPSA) is 29.1 Å². The molecule has 1 N–H and O–H groups in total. The predicted octanol–water partition coefficient (Wildman–Crippen LogP) is 5.74. The second kappa shape index (κ2) is 6.46. The summed E-state index contributed by atoms with van der Waals surface area (Å²) in [5.41, 5.74) is -2.55. The zero-order valence-electron chi connectivity index (χ0n) is 11.6. The van der Waals surface area contributed by atoms with Crippen LogP contribution in [0.4, 0.5) is 32.0 Å². The lowest BCUT2D eigenvalue weighted by Crippen LogP contribution is -2.15. The van der Waals surface area contributed by atoms with Crippen molar-refractivity contribution in [3.05, 3.63) is 63.6 Å². The molecule has 0 atom stereocenters. The van der Waals surface area contributed by atoms with Gasteiger partial charge in [-0.05, 0) is 36.4 Å². The van der Waals surface area contributed by atoms with Crippen LogP contribution in [0.2, 0.25) is 0 Å². The van der Waals surface area contributed by atoms with Gasteiger partial charge in [-0.25, -0.2) is 0 Å². The molecule has 2 rings (SSSR count). The molecule has 0 aliphatic carbocycles. The third-order valence-electron chi connectivity index (χ3n) is 2.94. The fourth-order valence-corrected chi connectivity index (χ4v) is 2.35. The maximum Gasteiger partial charge on any atom is 0.416 e. The number of carbonyl (C=O) groups excluding carboxylic acids is 1. The standard InChI is InChI=1S/C15H8BrF6NO/c16-11-5-8(4-10(6-11)15(20,21)22)13(24)23-12-3-1-2-9(7-12)14(17,18)19/h1-7H,(H,23,24). The molecule has 2 aromatic carbocycles. The molecule has 0 spiro atoms. The first-order valence-corrected chi connectivity index (χ1v) is 7.12. The van der Waals surface area contributed by atoms with E-state index in [1.807, 2.05) is 0 Å². The van der Waals surface area contributed by atoms with Crippen LogP contribution >= 0.6 is 15.9 Å². The zero-order chi connectivity index (χ0) is 18.1. The molecule has 0 saturated carbocycles. The smallest absolute Gasteiger partial charge is 0.322 e. The first-order valence-electron chi connectivity index (χ1n) is 6.33. The zero-order valence-corrected chi connectivity index (χ0v) is 13.2. The molecule has 2 aromatic rings. The molecular formula is C15H8BrF6NO. The summed E-state index contributed by atoms with van der Waals surface area (Å²) in [5, 5.41) is 2.15. The van der Waals surface area contributed by atoms with Gasteiger partial charge in [0.25, 0.3) is 5.91 Å². The van der Waals surface area contributed by atoms with Crippen LogP contribution in [0, 0.1) is 0 Å². The van der Waals surface area contributed by atoms with E-state index in [2.05, 4.69) is 21.2 Å². The summed E-state index contributed by atoms with van der Waals surface area (Å²) >= 11 is 2.87. The lowest BCUT2D eigenvalue weighted by Gasteiger charge is -2.12. The molecule has 0 aliphatic heterocycles. The molecule has 0 unspecified atom stereocenters. The van der Waals surface area contributed by atoms with Crippen LogP contribution < -0.4 is 5.32 Å². The molecule has 0 saturated heterocycles. The van der Waals surface area contributed by atoms with Crippen molar-refractivity contribution in [2.24, 2.45) is 0 Å². The number of alkyl halides is 6. The van der Waals surface area contributed by atoms with Gasteiger partial charge in [-0.2, -0.15) is 26.3 Å².